The van der Waals surface area contributed by atoms with Crippen molar-refractivity contribution < 1.29 is 19.4 Å². The fourth-order valence-electron chi connectivity index (χ4n) is 4.25. The summed E-state index contributed by atoms with van der Waals surface area (Å²) in [7, 11) is 0. The average Bonchev–Trinajstić information content (AvgIpc) is 3.25. The van der Waals surface area contributed by atoms with Crippen molar-refractivity contribution in [1.29, 1.82) is 0 Å². The van der Waals surface area contributed by atoms with E-state index in [1.54, 1.807) is 17.5 Å². The first-order chi connectivity index (χ1) is 15.1. The number of hydrogen-bond donors (Lipinski definition) is 2. The van der Waals surface area contributed by atoms with Gasteiger partial charge < -0.3 is 19.9 Å². The predicted octanol–water partition coefficient (Wildman–Crippen LogP) is 2.61. The molecule has 0 radical (unpaired) electrons. The molecule has 1 aromatic heterocycles. The van der Waals surface area contributed by atoms with Crippen molar-refractivity contribution in [3.05, 3.63) is 51.4 Å². The number of fused-ring (bicyclic) bond motifs is 1. The van der Waals surface area contributed by atoms with Crippen LogP contribution in [0.3, 0.4) is 0 Å². The molecule has 2 saturated heterocycles. The molecule has 0 aliphatic carbocycles. The second-order valence-corrected chi connectivity index (χ2v) is 9.45. The van der Waals surface area contributed by atoms with E-state index in [1.165, 1.54) is 0 Å². The van der Waals surface area contributed by atoms with Crippen LogP contribution in [-0.2, 0) is 27.4 Å². The predicted molar refractivity (Wildman–Crippen MR) is 119 cm³/mol. The van der Waals surface area contributed by atoms with Crippen LogP contribution in [0, 0.1) is 0 Å². The average molecular weight is 466 g/mol. The van der Waals surface area contributed by atoms with Gasteiger partial charge in [-0.3, -0.25) is 9.69 Å². The number of ether oxygens (including phenoxy) is 2. The van der Waals surface area contributed by atoms with Gasteiger partial charge in [0.25, 0.3) is 0 Å². The van der Waals surface area contributed by atoms with Gasteiger partial charge in [-0.15, -0.1) is 11.3 Å². The first-order valence-corrected chi connectivity index (χ1v) is 11.9. The molecule has 0 saturated carbocycles. The molecule has 9 heteroatoms. The highest BCUT2D eigenvalue weighted by Gasteiger charge is 2.38. The summed E-state index contributed by atoms with van der Waals surface area (Å²) in [6, 6.07) is 7.62. The zero-order valence-corrected chi connectivity index (χ0v) is 18.9. The minimum atomic E-state index is -0.533. The van der Waals surface area contributed by atoms with Crippen molar-refractivity contribution >= 4 is 28.8 Å². The monoisotopic (exact) mass is 465 g/mol. The molecule has 1 amide bonds. The topological polar surface area (TPSA) is 83.9 Å². The second kappa shape index (κ2) is 10.8. The highest BCUT2D eigenvalue weighted by Crippen LogP contribution is 2.29. The Kier molecular flexibility index (Phi) is 7.92. The highest BCUT2D eigenvalue weighted by atomic mass is 35.5. The summed E-state index contributed by atoms with van der Waals surface area (Å²) in [5.74, 6) is -0.0507. The van der Waals surface area contributed by atoms with Crippen LogP contribution in [0.2, 0.25) is 5.02 Å². The van der Waals surface area contributed by atoms with Crippen molar-refractivity contribution in [2.75, 3.05) is 19.8 Å². The number of carbonyl (C=O) groups excluding carboxylic acids is 1. The maximum absolute atomic E-state index is 12.5. The van der Waals surface area contributed by atoms with E-state index in [0.717, 1.165) is 23.4 Å². The molecule has 168 valence electrons. The lowest BCUT2D eigenvalue weighted by molar-refractivity contribution is -0.158. The molecule has 2 fully saturated rings. The Morgan fingerprint density at radius 1 is 1.32 bits per heavy atom. The Balaban J connectivity index is 1.33. The molecule has 2 N–H and O–H groups in total. The molecule has 1 aromatic carbocycles. The number of rotatable bonds is 6. The van der Waals surface area contributed by atoms with Gasteiger partial charge in [0.15, 0.2) is 0 Å². The third kappa shape index (κ3) is 6.25. The number of nitrogens with zero attached hydrogens (tertiary/aromatic N) is 2. The fraction of sp³-hybridized carbons (Fsp3) is 0.545. The lowest BCUT2D eigenvalue weighted by atomic mass is 9.94. The van der Waals surface area contributed by atoms with Crippen molar-refractivity contribution in [3.8, 4) is 0 Å². The molecule has 7 nitrogen and oxygen atoms in total. The number of carbonyl (C=O) groups is 1. The van der Waals surface area contributed by atoms with Crippen LogP contribution in [0.15, 0.2) is 35.8 Å². The minimum absolute atomic E-state index is 0.0507. The summed E-state index contributed by atoms with van der Waals surface area (Å²) >= 11 is 7.78. The van der Waals surface area contributed by atoms with Gasteiger partial charge in [0.2, 0.25) is 5.91 Å². The summed E-state index contributed by atoms with van der Waals surface area (Å²) in [6.45, 7) is 2.30. The third-order valence-corrected chi connectivity index (χ3v) is 6.89. The first-order valence-electron chi connectivity index (χ1n) is 10.6. The van der Waals surface area contributed by atoms with Crippen LogP contribution in [0.5, 0.6) is 0 Å². The van der Waals surface area contributed by atoms with Crippen LogP contribution in [0.4, 0.5) is 0 Å². The molecule has 2 aliphatic heterocycles. The lowest BCUT2D eigenvalue weighted by Gasteiger charge is -2.44. The normalized spacial score (nSPS) is 27.2. The minimum Gasteiger partial charge on any atom is -0.389 e. The molecule has 0 spiro atoms. The van der Waals surface area contributed by atoms with Crippen LogP contribution < -0.4 is 5.32 Å². The summed E-state index contributed by atoms with van der Waals surface area (Å²) in [5.41, 5.74) is 0.895. The van der Waals surface area contributed by atoms with Gasteiger partial charge in [-0.1, -0.05) is 29.8 Å². The first kappa shape index (κ1) is 22.6. The van der Waals surface area contributed by atoms with Crippen molar-refractivity contribution in [1.82, 2.24) is 15.2 Å². The molecule has 4 atom stereocenters. The molecule has 3 heterocycles. The number of amides is 1. The van der Waals surface area contributed by atoms with Crippen molar-refractivity contribution in [2.24, 2.45) is 0 Å². The zero-order valence-electron chi connectivity index (χ0n) is 17.3. The van der Waals surface area contributed by atoms with Gasteiger partial charge in [0.1, 0.15) is 5.01 Å². The Bertz CT molecular complexity index is 853. The number of benzene rings is 1. The summed E-state index contributed by atoms with van der Waals surface area (Å²) in [5, 5.41) is 16.8. The van der Waals surface area contributed by atoms with E-state index in [-0.39, 0.29) is 30.8 Å². The smallest absolute Gasteiger partial charge is 0.222 e. The van der Waals surface area contributed by atoms with Gasteiger partial charge in [0.05, 0.1) is 44.5 Å². The number of nitrogens with one attached hydrogen (secondary N) is 1. The molecule has 4 rings (SSSR count). The van der Waals surface area contributed by atoms with Crippen LogP contribution in [0.25, 0.3) is 0 Å². The van der Waals surface area contributed by atoms with Gasteiger partial charge in [-0.05, 0) is 24.5 Å². The largest absolute Gasteiger partial charge is 0.389 e. The summed E-state index contributed by atoms with van der Waals surface area (Å²) in [4.78, 5) is 19.1. The van der Waals surface area contributed by atoms with E-state index in [9.17, 15) is 9.90 Å². The maximum atomic E-state index is 12.5. The number of halogens is 1. The van der Waals surface area contributed by atoms with Gasteiger partial charge in [-0.25, -0.2) is 4.98 Å². The number of aromatic nitrogens is 1. The van der Waals surface area contributed by atoms with Gasteiger partial charge in [0, 0.05) is 35.7 Å². The van der Waals surface area contributed by atoms with Crippen molar-refractivity contribution in [2.45, 2.75) is 56.7 Å². The van der Waals surface area contributed by atoms with Gasteiger partial charge in [-0.2, -0.15) is 0 Å². The lowest BCUT2D eigenvalue weighted by Crippen LogP contribution is -2.55. The standard InChI is InChI=1S/C22H28ClN3O4S/c23-18-4-2-1-3-15(18)10-25-21(28)9-17-5-6-19-20(30-17)14-29-13-16(27)11-26(19)12-22-24-7-8-31-22/h1-4,7-8,16-17,19-20,27H,5-6,9-14H2,(H,25,28)/t16-,17+,19-,20+/m1/s1. The zero-order chi connectivity index (χ0) is 21.6. The maximum Gasteiger partial charge on any atom is 0.222 e. The van der Waals surface area contributed by atoms with Crippen LogP contribution >= 0.6 is 22.9 Å². The molecule has 2 aliphatic rings. The van der Waals surface area contributed by atoms with Crippen LogP contribution in [-0.4, -0.2) is 65.0 Å². The Morgan fingerprint density at radius 3 is 3.00 bits per heavy atom. The quantitative estimate of drug-likeness (QED) is 0.682. The molecular formula is C22H28ClN3O4S. The fourth-order valence-corrected chi connectivity index (χ4v) is 5.09. The molecule has 0 unspecified atom stereocenters. The molecule has 0 bridgehead atoms. The second-order valence-electron chi connectivity index (χ2n) is 8.06. The van der Waals surface area contributed by atoms with E-state index in [2.05, 4.69) is 15.2 Å². The highest BCUT2D eigenvalue weighted by molar-refractivity contribution is 7.09. The number of thiazole rings is 1. The molecule has 31 heavy (non-hydrogen) atoms. The Morgan fingerprint density at radius 2 is 2.19 bits per heavy atom. The van der Waals surface area contributed by atoms with E-state index in [0.29, 0.717) is 37.7 Å². The summed E-state index contributed by atoms with van der Waals surface area (Å²) in [6.07, 6.45) is 2.96. The summed E-state index contributed by atoms with van der Waals surface area (Å²) < 4.78 is 12.0. The van der Waals surface area contributed by atoms with Crippen LogP contribution in [0.1, 0.15) is 29.8 Å². The van der Waals surface area contributed by atoms with E-state index in [1.807, 2.05) is 29.6 Å². The number of β-amino-alcohol motifs (C(OH)–C–C–N with tert-alkyl or cyclic N) is 1. The Labute approximate surface area is 191 Å². The SMILES string of the molecule is O=C(C[C@@H]1CC[C@@H]2[C@H](COC[C@H](O)CN2Cc2nccs2)O1)NCc1ccccc1Cl. The number of aliphatic hydroxyl groups excluding tert-OH is 1. The van der Waals surface area contributed by atoms with E-state index >= 15 is 0 Å². The Hall–Kier alpha value is -1.55. The molecule has 2 aromatic rings. The van der Waals surface area contributed by atoms with E-state index in [4.69, 9.17) is 21.1 Å². The van der Waals surface area contributed by atoms with Gasteiger partial charge >= 0.3 is 0 Å². The van der Waals surface area contributed by atoms with E-state index < -0.39 is 6.10 Å². The van der Waals surface area contributed by atoms with Crippen molar-refractivity contribution in [3.63, 3.8) is 0 Å². The number of aliphatic hydroxyl groups is 1. The number of hydrogen-bond acceptors (Lipinski definition) is 7. The third-order valence-electron chi connectivity index (χ3n) is 5.76. The molecular weight excluding hydrogens is 438 g/mol.